The third kappa shape index (κ3) is 3.06. The number of aromatic nitrogens is 2. The van der Waals surface area contributed by atoms with Crippen molar-refractivity contribution in [3.63, 3.8) is 0 Å². The third-order valence-electron chi connectivity index (χ3n) is 3.68. The molecule has 0 radical (unpaired) electrons. The molecule has 1 aromatic heterocycles. The third-order valence-corrected chi connectivity index (χ3v) is 3.68. The van der Waals surface area contributed by atoms with Gasteiger partial charge in [-0.3, -0.25) is 0 Å². The van der Waals surface area contributed by atoms with Gasteiger partial charge in [0, 0.05) is 16.3 Å². The number of esters is 1. The quantitative estimate of drug-likeness (QED) is 0.667. The Labute approximate surface area is 140 Å². The van der Waals surface area contributed by atoms with E-state index in [0.29, 0.717) is 18.1 Å². The molecule has 5 heteroatoms. The lowest BCUT2D eigenvalue weighted by Crippen LogP contribution is -2.05. The molecule has 0 saturated heterocycles. The molecule has 122 valence electrons. The first-order chi connectivity index (χ1) is 11.7. The molecule has 0 aliphatic carbocycles. The Kier molecular flexibility index (Phi) is 4.70. The van der Waals surface area contributed by atoms with Crippen LogP contribution in [0.4, 0.5) is 0 Å². The minimum Gasteiger partial charge on any atom is -0.479 e. The van der Waals surface area contributed by atoms with Crippen LogP contribution in [0.25, 0.3) is 22.0 Å². The summed E-state index contributed by atoms with van der Waals surface area (Å²) in [5, 5.41) is 10.3. The van der Waals surface area contributed by atoms with Crippen molar-refractivity contribution in [2.75, 3.05) is 13.7 Å². The van der Waals surface area contributed by atoms with E-state index in [1.54, 1.807) is 19.2 Å². The molecular formula is C19H18N2O3. The Morgan fingerprint density at radius 1 is 1.00 bits per heavy atom. The van der Waals surface area contributed by atoms with Gasteiger partial charge in [-0.05, 0) is 24.6 Å². The number of hydrogen-bond acceptors (Lipinski definition) is 5. The number of fused-ring (bicyclic) bond motifs is 1. The van der Waals surface area contributed by atoms with Gasteiger partial charge in [0.1, 0.15) is 5.69 Å². The molecule has 0 bridgehead atoms. The largest absolute Gasteiger partial charge is 0.479 e. The summed E-state index contributed by atoms with van der Waals surface area (Å²) in [6.07, 6.45) is 0.803. The molecule has 0 saturated carbocycles. The first-order valence-corrected chi connectivity index (χ1v) is 7.81. The van der Waals surface area contributed by atoms with E-state index >= 15 is 0 Å². The van der Waals surface area contributed by atoms with Crippen molar-refractivity contribution in [3.8, 4) is 17.1 Å². The summed E-state index contributed by atoms with van der Waals surface area (Å²) in [5.41, 5.74) is 2.16. The van der Waals surface area contributed by atoms with Crippen molar-refractivity contribution >= 4 is 16.7 Å². The van der Waals surface area contributed by atoms with E-state index in [4.69, 9.17) is 9.47 Å². The Morgan fingerprint density at radius 2 is 1.71 bits per heavy atom. The van der Waals surface area contributed by atoms with Crippen molar-refractivity contribution in [2.24, 2.45) is 0 Å². The van der Waals surface area contributed by atoms with Crippen molar-refractivity contribution in [2.45, 2.75) is 13.3 Å². The van der Waals surface area contributed by atoms with Gasteiger partial charge < -0.3 is 9.47 Å². The highest BCUT2D eigenvalue weighted by atomic mass is 16.5. The van der Waals surface area contributed by atoms with Crippen LogP contribution < -0.4 is 4.74 Å². The molecule has 5 nitrogen and oxygen atoms in total. The summed E-state index contributed by atoms with van der Waals surface area (Å²) in [5.74, 6) is 0.184. The number of carbonyl (C=O) groups excluding carboxylic acids is 1. The van der Waals surface area contributed by atoms with Gasteiger partial charge in [0.05, 0.1) is 19.3 Å². The highest BCUT2D eigenvalue weighted by Crippen LogP contribution is 2.30. The van der Waals surface area contributed by atoms with Gasteiger partial charge in [0.2, 0.25) is 5.88 Å². The second kappa shape index (κ2) is 7.08. The summed E-state index contributed by atoms with van der Waals surface area (Å²) >= 11 is 0. The normalized spacial score (nSPS) is 10.6. The summed E-state index contributed by atoms with van der Waals surface area (Å²) in [6, 6.07) is 15.0. The van der Waals surface area contributed by atoms with Crippen LogP contribution in [0, 0.1) is 0 Å². The monoisotopic (exact) mass is 322 g/mol. The topological polar surface area (TPSA) is 61.3 Å². The molecule has 24 heavy (non-hydrogen) atoms. The van der Waals surface area contributed by atoms with Crippen LogP contribution in [0.15, 0.2) is 48.5 Å². The molecule has 0 aliphatic heterocycles. The average molecular weight is 322 g/mol. The highest BCUT2D eigenvalue weighted by molar-refractivity contribution is 5.97. The summed E-state index contributed by atoms with van der Waals surface area (Å²) in [7, 11) is 1.58. The van der Waals surface area contributed by atoms with E-state index in [2.05, 4.69) is 10.2 Å². The van der Waals surface area contributed by atoms with Gasteiger partial charge in [-0.15, -0.1) is 10.2 Å². The van der Waals surface area contributed by atoms with Crippen molar-refractivity contribution < 1.29 is 14.3 Å². The lowest BCUT2D eigenvalue weighted by molar-refractivity contribution is 0.0505. The van der Waals surface area contributed by atoms with E-state index in [0.717, 1.165) is 28.5 Å². The molecule has 0 unspecified atom stereocenters. The predicted molar refractivity (Wildman–Crippen MR) is 92.1 cm³/mol. The zero-order valence-corrected chi connectivity index (χ0v) is 13.7. The van der Waals surface area contributed by atoms with E-state index < -0.39 is 0 Å². The lowest BCUT2D eigenvalue weighted by Gasteiger charge is -2.09. The zero-order valence-electron chi connectivity index (χ0n) is 13.7. The maximum Gasteiger partial charge on any atom is 0.338 e. The van der Waals surface area contributed by atoms with Crippen LogP contribution in [0.2, 0.25) is 0 Å². The number of hydrogen-bond donors (Lipinski definition) is 0. The molecule has 3 rings (SSSR count). The van der Waals surface area contributed by atoms with Crippen LogP contribution in [0.3, 0.4) is 0 Å². The van der Waals surface area contributed by atoms with Gasteiger partial charge in [-0.2, -0.15) is 0 Å². The molecule has 3 aromatic rings. The van der Waals surface area contributed by atoms with Gasteiger partial charge in [-0.25, -0.2) is 4.79 Å². The van der Waals surface area contributed by atoms with Crippen LogP contribution >= 0.6 is 0 Å². The standard InChI is InChI=1S/C19H18N2O3/c1-3-12-24-19(22)14-10-8-13(9-11-14)17-15-6-4-5-7-16(15)18(23-2)21-20-17/h4-11H,3,12H2,1-2H3. The number of methoxy groups -OCH3 is 1. The first-order valence-electron chi connectivity index (χ1n) is 7.81. The Morgan fingerprint density at radius 3 is 2.38 bits per heavy atom. The Bertz CT molecular complexity index is 860. The summed E-state index contributed by atoms with van der Waals surface area (Å²) in [6.45, 7) is 2.39. The molecule has 0 aliphatic rings. The summed E-state index contributed by atoms with van der Waals surface area (Å²) in [4.78, 5) is 11.9. The number of rotatable bonds is 5. The molecule has 2 aromatic carbocycles. The Hall–Kier alpha value is -2.95. The van der Waals surface area contributed by atoms with Gasteiger partial charge >= 0.3 is 5.97 Å². The predicted octanol–water partition coefficient (Wildman–Crippen LogP) is 3.87. The fourth-order valence-corrected chi connectivity index (χ4v) is 2.49. The van der Waals surface area contributed by atoms with Crippen LogP contribution in [0.5, 0.6) is 5.88 Å². The molecule has 0 fully saturated rings. The first kappa shape index (κ1) is 15.9. The molecular weight excluding hydrogens is 304 g/mol. The molecule has 0 amide bonds. The molecule has 1 heterocycles. The van der Waals surface area contributed by atoms with Crippen LogP contribution in [0.1, 0.15) is 23.7 Å². The molecule has 0 spiro atoms. The minimum absolute atomic E-state index is 0.311. The number of benzene rings is 2. The number of carbonyl (C=O) groups is 1. The SMILES string of the molecule is CCCOC(=O)c1ccc(-c2nnc(OC)c3ccccc23)cc1. The Balaban J connectivity index is 1.98. The number of nitrogens with zero attached hydrogens (tertiary/aromatic N) is 2. The van der Waals surface area contributed by atoms with Crippen LogP contribution in [-0.4, -0.2) is 29.9 Å². The molecule has 0 N–H and O–H groups in total. The maximum atomic E-state index is 11.9. The smallest absolute Gasteiger partial charge is 0.338 e. The fourth-order valence-electron chi connectivity index (χ4n) is 2.49. The second-order valence-corrected chi connectivity index (χ2v) is 5.32. The van der Waals surface area contributed by atoms with Gasteiger partial charge in [0.15, 0.2) is 0 Å². The van der Waals surface area contributed by atoms with Crippen molar-refractivity contribution in [1.82, 2.24) is 10.2 Å². The average Bonchev–Trinajstić information content (AvgIpc) is 2.65. The second-order valence-electron chi connectivity index (χ2n) is 5.32. The van der Waals surface area contributed by atoms with Crippen LogP contribution in [-0.2, 0) is 4.74 Å². The van der Waals surface area contributed by atoms with Gasteiger partial charge in [-0.1, -0.05) is 37.3 Å². The number of ether oxygens (including phenoxy) is 2. The minimum atomic E-state index is -0.311. The van der Waals surface area contributed by atoms with Crippen molar-refractivity contribution in [3.05, 3.63) is 54.1 Å². The lowest BCUT2D eigenvalue weighted by atomic mass is 10.0. The van der Waals surface area contributed by atoms with E-state index in [-0.39, 0.29) is 5.97 Å². The molecule has 0 atom stereocenters. The maximum absolute atomic E-state index is 11.9. The van der Waals surface area contributed by atoms with Crippen molar-refractivity contribution in [1.29, 1.82) is 0 Å². The fraction of sp³-hybridized carbons (Fsp3) is 0.211. The zero-order chi connectivity index (χ0) is 16.9. The van der Waals surface area contributed by atoms with E-state index in [1.165, 1.54) is 0 Å². The summed E-state index contributed by atoms with van der Waals surface area (Å²) < 4.78 is 10.4. The van der Waals surface area contributed by atoms with Gasteiger partial charge in [0.25, 0.3) is 0 Å². The van der Waals surface area contributed by atoms with E-state index in [1.807, 2.05) is 43.3 Å². The van der Waals surface area contributed by atoms with E-state index in [9.17, 15) is 4.79 Å². The highest BCUT2D eigenvalue weighted by Gasteiger charge is 2.12.